The monoisotopic (exact) mass is 217 g/mol. The van der Waals surface area contributed by atoms with Gasteiger partial charge in [0.25, 0.3) is 0 Å². The van der Waals surface area contributed by atoms with Gasteiger partial charge in [-0.05, 0) is 55.7 Å². The van der Waals surface area contributed by atoms with E-state index in [0.717, 1.165) is 12.3 Å². The highest BCUT2D eigenvalue weighted by Crippen LogP contribution is 2.26. The van der Waals surface area contributed by atoms with Gasteiger partial charge >= 0.3 is 0 Å². The van der Waals surface area contributed by atoms with Crippen LogP contribution in [0.3, 0.4) is 0 Å². The van der Waals surface area contributed by atoms with Gasteiger partial charge in [-0.1, -0.05) is 26.0 Å². The van der Waals surface area contributed by atoms with Crippen LogP contribution in [0.4, 0.5) is 5.69 Å². The average Bonchev–Trinajstić information content (AvgIpc) is 2.32. The van der Waals surface area contributed by atoms with E-state index in [1.165, 1.54) is 36.9 Å². The van der Waals surface area contributed by atoms with Crippen molar-refractivity contribution >= 4 is 5.69 Å². The molecule has 1 aliphatic rings. The number of aryl methyl sites for hydroxylation is 1. The van der Waals surface area contributed by atoms with Crippen LogP contribution in [0.5, 0.6) is 0 Å². The van der Waals surface area contributed by atoms with Crippen LogP contribution in [0.2, 0.25) is 0 Å². The van der Waals surface area contributed by atoms with Crippen LogP contribution < -0.4 is 5.32 Å². The third kappa shape index (κ3) is 3.01. The van der Waals surface area contributed by atoms with E-state index in [-0.39, 0.29) is 0 Å². The van der Waals surface area contributed by atoms with E-state index in [1.807, 2.05) is 0 Å². The zero-order chi connectivity index (χ0) is 11.4. The summed E-state index contributed by atoms with van der Waals surface area (Å²) in [6.45, 7) is 4.58. The van der Waals surface area contributed by atoms with Crippen molar-refractivity contribution in [3.05, 3.63) is 29.8 Å². The Balaban J connectivity index is 1.93. The van der Waals surface area contributed by atoms with Gasteiger partial charge in [-0.3, -0.25) is 0 Å². The molecule has 1 nitrogen and oxygen atoms in total. The Morgan fingerprint density at radius 1 is 1.19 bits per heavy atom. The lowest BCUT2D eigenvalue weighted by Gasteiger charge is -2.27. The highest BCUT2D eigenvalue weighted by molar-refractivity contribution is 5.46. The summed E-state index contributed by atoms with van der Waals surface area (Å²) in [4.78, 5) is 0. The molecule has 1 fully saturated rings. The Bertz CT molecular complexity index is 324. The fourth-order valence-corrected chi connectivity index (χ4v) is 2.52. The maximum Gasteiger partial charge on any atom is 0.0345 e. The first kappa shape index (κ1) is 11.5. The first-order valence-electron chi connectivity index (χ1n) is 6.63. The standard InChI is InChI=1S/C15H23N/c1-3-13-5-4-6-15(11-13)16-14-9-7-12(2)8-10-14/h4-6,11-12,14,16H,3,7-10H2,1-2H3. The third-order valence-electron chi connectivity index (χ3n) is 3.72. The van der Waals surface area contributed by atoms with E-state index in [1.54, 1.807) is 0 Å². The van der Waals surface area contributed by atoms with Crippen LogP contribution in [0.1, 0.15) is 45.1 Å². The molecule has 0 saturated heterocycles. The van der Waals surface area contributed by atoms with Gasteiger partial charge in [0, 0.05) is 11.7 Å². The predicted octanol–water partition coefficient (Wildman–Crippen LogP) is 4.24. The molecule has 0 amide bonds. The molecule has 1 aromatic rings. The summed E-state index contributed by atoms with van der Waals surface area (Å²) in [5, 5.41) is 3.68. The molecule has 1 saturated carbocycles. The van der Waals surface area contributed by atoms with Gasteiger partial charge in [0.1, 0.15) is 0 Å². The number of anilines is 1. The molecule has 1 N–H and O–H groups in total. The van der Waals surface area contributed by atoms with Crippen LogP contribution in [0, 0.1) is 5.92 Å². The third-order valence-corrected chi connectivity index (χ3v) is 3.72. The largest absolute Gasteiger partial charge is 0.382 e. The fourth-order valence-electron chi connectivity index (χ4n) is 2.52. The fraction of sp³-hybridized carbons (Fsp3) is 0.600. The van der Waals surface area contributed by atoms with Crippen LogP contribution >= 0.6 is 0 Å². The Kier molecular flexibility index (Phi) is 3.87. The SMILES string of the molecule is CCc1cccc(NC2CCC(C)CC2)c1. The second kappa shape index (κ2) is 5.38. The van der Waals surface area contributed by atoms with E-state index < -0.39 is 0 Å². The molecule has 16 heavy (non-hydrogen) atoms. The molecule has 1 aliphatic carbocycles. The smallest absolute Gasteiger partial charge is 0.0345 e. The van der Waals surface area contributed by atoms with Crippen molar-refractivity contribution in [1.82, 2.24) is 0 Å². The van der Waals surface area contributed by atoms with Crippen molar-refractivity contribution in [2.45, 2.75) is 52.0 Å². The second-order valence-electron chi connectivity index (χ2n) is 5.16. The van der Waals surface area contributed by atoms with Crippen molar-refractivity contribution in [2.24, 2.45) is 5.92 Å². The Morgan fingerprint density at radius 3 is 2.62 bits per heavy atom. The van der Waals surface area contributed by atoms with Gasteiger partial charge < -0.3 is 5.32 Å². The summed E-state index contributed by atoms with van der Waals surface area (Å²) < 4.78 is 0. The van der Waals surface area contributed by atoms with Gasteiger partial charge in [-0.15, -0.1) is 0 Å². The van der Waals surface area contributed by atoms with Gasteiger partial charge in [-0.25, -0.2) is 0 Å². The van der Waals surface area contributed by atoms with Crippen molar-refractivity contribution in [3.8, 4) is 0 Å². The summed E-state index contributed by atoms with van der Waals surface area (Å²) in [5.74, 6) is 0.931. The summed E-state index contributed by atoms with van der Waals surface area (Å²) in [5.41, 5.74) is 2.73. The van der Waals surface area contributed by atoms with Crippen LogP contribution in [0.25, 0.3) is 0 Å². The highest BCUT2D eigenvalue weighted by Gasteiger charge is 2.17. The van der Waals surface area contributed by atoms with Crippen molar-refractivity contribution < 1.29 is 0 Å². The molecule has 1 heteroatoms. The van der Waals surface area contributed by atoms with E-state index in [9.17, 15) is 0 Å². The topological polar surface area (TPSA) is 12.0 Å². The Hall–Kier alpha value is -0.980. The van der Waals surface area contributed by atoms with Crippen molar-refractivity contribution in [1.29, 1.82) is 0 Å². The molecule has 0 heterocycles. The van der Waals surface area contributed by atoms with Crippen LogP contribution in [-0.4, -0.2) is 6.04 Å². The predicted molar refractivity (Wildman–Crippen MR) is 70.9 cm³/mol. The summed E-state index contributed by atoms with van der Waals surface area (Å²) >= 11 is 0. The molecule has 0 bridgehead atoms. The second-order valence-corrected chi connectivity index (χ2v) is 5.16. The molecular formula is C15H23N. The van der Waals surface area contributed by atoms with Crippen molar-refractivity contribution in [2.75, 3.05) is 5.32 Å². The molecule has 0 atom stereocenters. The van der Waals surface area contributed by atoms with E-state index in [2.05, 4.69) is 43.4 Å². The molecular weight excluding hydrogens is 194 g/mol. The maximum atomic E-state index is 3.68. The number of rotatable bonds is 3. The van der Waals surface area contributed by atoms with E-state index >= 15 is 0 Å². The minimum absolute atomic E-state index is 0.698. The molecule has 2 rings (SSSR count). The summed E-state index contributed by atoms with van der Waals surface area (Å²) in [7, 11) is 0. The highest BCUT2D eigenvalue weighted by atomic mass is 14.9. The van der Waals surface area contributed by atoms with E-state index in [0.29, 0.717) is 6.04 Å². The molecule has 0 spiro atoms. The van der Waals surface area contributed by atoms with Gasteiger partial charge in [-0.2, -0.15) is 0 Å². The lowest BCUT2D eigenvalue weighted by atomic mass is 9.87. The summed E-state index contributed by atoms with van der Waals surface area (Å²) in [6.07, 6.45) is 6.54. The number of benzene rings is 1. The molecule has 1 aromatic carbocycles. The number of nitrogens with one attached hydrogen (secondary N) is 1. The van der Waals surface area contributed by atoms with Gasteiger partial charge in [0.05, 0.1) is 0 Å². The van der Waals surface area contributed by atoms with Crippen LogP contribution in [-0.2, 0) is 6.42 Å². The molecule has 88 valence electrons. The minimum atomic E-state index is 0.698. The number of hydrogen-bond donors (Lipinski definition) is 1. The molecule has 0 aliphatic heterocycles. The lowest BCUT2D eigenvalue weighted by Crippen LogP contribution is -2.25. The average molecular weight is 217 g/mol. The van der Waals surface area contributed by atoms with Crippen molar-refractivity contribution in [3.63, 3.8) is 0 Å². The lowest BCUT2D eigenvalue weighted by molar-refractivity contribution is 0.361. The molecule has 0 aromatic heterocycles. The Labute approximate surface area is 99.3 Å². The number of hydrogen-bond acceptors (Lipinski definition) is 1. The Morgan fingerprint density at radius 2 is 1.94 bits per heavy atom. The normalized spacial score (nSPS) is 25.4. The minimum Gasteiger partial charge on any atom is -0.382 e. The summed E-state index contributed by atoms with van der Waals surface area (Å²) in [6, 6.07) is 9.54. The first-order valence-corrected chi connectivity index (χ1v) is 6.63. The van der Waals surface area contributed by atoms with Crippen LogP contribution in [0.15, 0.2) is 24.3 Å². The zero-order valence-electron chi connectivity index (χ0n) is 10.5. The molecule has 0 unspecified atom stereocenters. The zero-order valence-corrected chi connectivity index (χ0v) is 10.5. The quantitative estimate of drug-likeness (QED) is 0.798. The first-order chi connectivity index (χ1) is 7.78. The van der Waals surface area contributed by atoms with Gasteiger partial charge in [0.2, 0.25) is 0 Å². The molecule has 0 radical (unpaired) electrons. The van der Waals surface area contributed by atoms with E-state index in [4.69, 9.17) is 0 Å². The van der Waals surface area contributed by atoms with Gasteiger partial charge in [0.15, 0.2) is 0 Å². The maximum absolute atomic E-state index is 3.68.